The summed E-state index contributed by atoms with van der Waals surface area (Å²) in [5.41, 5.74) is 2.83. The second-order valence-electron chi connectivity index (χ2n) is 6.86. The minimum Gasteiger partial charge on any atom is -0.324 e. The van der Waals surface area contributed by atoms with Crippen molar-refractivity contribution in [3.8, 4) is 11.1 Å². The third-order valence-corrected chi connectivity index (χ3v) is 6.09. The molecule has 2 aromatic carbocycles. The molecule has 8 heteroatoms. The van der Waals surface area contributed by atoms with Gasteiger partial charge in [-0.3, -0.25) is 14.2 Å². The zero-order valence-electron chi connectivity index (χ0n) is 16.0. The van der Waals surface area contributed by atoms with E-state index in [0.29, 0.717) is 14.7 Å². The second kappa shape index (κ2) is 8.49. The van der Waals surface area contributed by atoms with E-state index in [-0.39, 0.29) is 30.1 Å². The van der Waals surface area contributed by atoms with Gasteiger partial charge in [-0.05, 0) is 30.7 Å². The van der Waals surface area contributed by atoms with Crippen molar-refractivity contribution in [1.29, 1.82) is 0 Å². The lowest BCUT2D eigenvalue weighted by atomic mass is 10.1. The maximum atomic E-state index is 13.9. The number of hydrogen-bond donors (Lipinski definition) is 1. The number of carbonyl (C=O) groups excluding carboxylic acids is 1. The third-order valence-electron chi connectivity index (χ3n) is 4.71. The molecule has 152 valence electrons. The number of nitrogens with one attached hydrogen (secondary N) is 1. The van der Waals surface area contributed by atoms with E-state index in [1.807, 2.05) is 36.6 Å². The van der Waals surface area contributed by atoms with Crippen LogP contribution in [0.2, 0.25) is 0 Å². The Hall–Kier alpha value is -2.84. The first-order valence-electron chi connectivity index (χ1n) is 9.21. The number of aryl methyl sites for hydroxylation is 2. The van der Waals surface area contributed by atoms with E-state index in [1.165, 1.54) is 34.4 Å². The highest BCUT2D eigenvalue weighted by molar-refractivity contribution is 9.10. The summed E-state index contributed by atoms with van der Waals surface area (Å²) in [6, 6.07) is 12.4. The highest BCUT2D eigenvalue weighted by atomic mass is 79.9. The molecule has 0 aliphatic rings. The van der Waals surface area contributed by atoms with Gasteiger partial charge in [0.15, 0.2) is 0 Å². The van der Waals surface area contributed by atoms with Gasteiger partial charge in [-0.2, -0.15) is 0 Å². The Morgan fingerprint density at radius 1 is 1.23 bits per heavy atom. The number of fused-ring (bicyclic) bond motifs is 1. The van der Waals surface area contributed by atoms with E-state index in [2.05, 4.69) is 26.2 Å². The number of nitrogens with zero attached hydrogens (tertiary/aromatic N) is 2. The molecular formula is C22H17BrFN3O2S. The van der Waals surface area contributed by atoms with Crippen LogP contribution < -0.4 is 10.9 Å². The summed E-state index contributed by atoms with van der Waals surface area (Å²) in [6.07, 6.45) is 1.47. The van der Waals surface area contributed by atoms with Crippen molar-refractivity contribution in [3.63, 3.8) is 0 Å². The second-order valence-corrected chi connectivity index (χ2v) is 8.63. The Labute approximate surface area is 184 Å². The minimum atomic E-state index is -0.529. The molecule has 0 radical (unpaired) electrons. The lowest BCUT2D eigenvalue weighted by molar-refractivity contribution is -0.116. The van der Waals surface area contributed by atoms with Crippen LogP contribution in [0.3, 0.4) is 0 Å². The monoisotopic (exact) mass is 485 g/mol. The Morgan fingerprint density at radius 2 is 2.00 bits per heavy atom. The molecule has 0 bridgehead atoms. The summed E-state index contributed by atoms with van der Waals surface area (Å²) >= 11 is 4.59. The van der Waals surface area contributed by atoms with Crippen LogP contribution in [0, 0.1) is 12.7 Å². The molecule has 0 saturated heterocycles. The van der Waals surface area contributed by atoms with E-state index < -0.39 is 5.82 Å². The Bertz CT molecular complexity index is 1300. The molecule has 0 saturated carbocycles. The van der Waals surface area contributed by atoms with Crippen molar-refractivity contribution in [3.05, 3.63) is 80.4 Å². The molecule has 1 N–H and O–H groups in total. The van der Waals surface area contributed by atoms with Gasteiger partial charge < -0.3 is 5.32 Å². The van der Waals surface area contributed by atoms with Crippen LogP contribution in [0.4, 0.5) is 10.1 Å². The van der Waals surface area contributed by atoms with Crippen molar-refractivity contribution >= 4 is 49.1 Å². The average molecular weight is 486 g/mol. The predicted molar refractivity (Wildman–Crippen MR) is 121 cm³/mol. The lowest BCUT2D eigenvalue weighted by Gasteiger charge is -2.08. The summed E-state index contributed by atoms with van der Waals surface area (Å²) in [5.74, 6) is -0.911. The van der Waals surface area contributed by atoms with Crippen LogP contribution in [0.1, 0.15) is 12.0 Å². The van der Waals surface area contributed by atoms with Gasteiger partial charge in [0, 0.05) is 28.4 Å². The minimum absolute atomic E-state index is 0.0204. The summed E-state index contributed by atoms with van der Waals surface area (Å²) < 4.78 is 15.9. The maximum Gasteiger partial charge on any atom is 0.262 e. The largest absolute Gasteiger partial charge is 0.324 e. The molecule has 2 heterocycles. The molecule has 4 aromatic rings. The molecule has 2 aromatic heterocycles. The highest BCUT2D eigenvalue weighted by Crippen LogP contribution is 2.30. The molecule has 0 unspecified atom stereocenters. The first-order chi connectivity index (χ1) is 14.4. The average Bonchev–Trinajstić information content (AvgIpc) is 3.15. The van der Waals surface area contributed by atoms with Gasteiger partial charge in [0.2, 0.25) is 5.91 Å². The van der Waals surface area contributed by atoms with Gasteiger partial charge in [0.1, 0.15) is 10.6 Å². The number of amides is 1. The third kappa shape index (κ3) is 4.20. The van der Waals surface area contributed by atoms with Crippen LogP contribution in [0.15, 0.2) is 63.4 Å². The fraction of sp³-hybridized carbons (Fsp3) is 0.136. The number of halogens is 2. The summed E-state index contributed by atoms with van der Waals surface area (Å²) in [4.78, 5) is 30.3. The maximum absolute atomic E-state index is 13.9. The molecule has 0 spiro atoms. The Kier molecular flexibility index (Phi) is 5.78. The normalized spacial score (nSPS) is 11.0. The van der Waals surface area contributed by atoms with Crippen molar-refractivity contribution < 1.29 is 9.18 Å². The molecule has 0 aliphatic heterocycles. The van der Waals surface area contributed by atoms with Gasteiger partial charge in [-0.15, -0.1) is 11.3 Å². The number of hydrogen-bond acceptors (Lipinski definition) is 4. The van der Waals surface area contributed by atoms with Crippen LogP contribution >= 0.6 is 27.3 Å². The zero-order chi connectivity index (χ0) is 21.3. The molecule has 0 fully saturated rings. The first kappa shape index (κ1) is 20.4. The molecule has 30 heavy (non-hydrogen) atoms. The van der Waals surface area contributed by atoms with Crippen LogP contribution in [-0.4, -0.2) is 15.5 Å². The zero-order valence-corrected chi connectivity index (χ0v) is 18.4. The number of rotatable bonds is 5. The molecular weight excluding hydrogens is 469 g/mol. The standard InChI is InChI=1S/C22H17BrFN3O2S/c1-13-2-4-14(5-3-13)16-11-30-21-20(16)22(29)27(12-25-21)9-8-19(28)26-18-7-6-15(23)10-17(18)24/h2-7,10-12H,8-9H2,1H3,(H,26,28). The molecule has 5 nitrogen and oxygen atoms in total. The quantitative estimate of drug-likeness (QED) is 0.413. The van der Waals surface area contributed by atoms with E-state index in [9.17, 15) is 14.0 Å². The van der Waals surface area contributed by atoms with Gasteiger partial charge >= 0.3 is 0 Å². The highest BCUT2D eigenvalue weighted by Gasteiger charge is 2.14. The lowest BCUT2D eigenvalue weighted by Crippen LogP contribution is -2.23. The molecule has 4 rings (SSSR count). The van der Waals surface area contributed by atoms with Crippen LogP contribution in [-0.2, 0) is 11.3 Å². The van der Waals surface area contributed by atoms with Crippen LogP contribution in [0.5, 0.6) is 0 Å². The number of anilines is 1. The van der Waals surface area contributed by atoms with Gasteiger partial charge in [0.25, 0.3) is 5.56 Å². The molecule has 1 amide bonds. The van der Waals surface area contributed by atoms with Gasteiger partial charge in [-0.25, -0.2) is 9.37 Å². The number of carbonyl (C=O) groups is 1. The summed E-state index contributed by atoms with van der Waals surface area (Å²) in [5, 5.41) is 5.01. The number of aromatic nitrogens is 2. The molecule has 0 atom stereocenters. The number of thiophene rings is 1. The Balaban J connectivity index is 1.55. The van der Waals surface area contributed by atoms with Gasteiger partial charge in [0.05, 0.1) is 17.4 Å². The van der Waals surface area contributed by atoms with E-state index >= 15 is 0 Å². The first-order valence-corrected chi connectivity index (χ1v) is 10.9. The fourth-order valence-electron chi connectivity index (χ4n) is 3.10. The molecule has 0 aliphatic carbocycles. The van der Waals surface area contributed by atoms with Gasteiger partial charge in [-0.1, -0.05) is 45.8 Å². The van der Waals surface area contributed by atoms with E-state index in [0.717, 1.165) is 16.7 Å². The Morgan fingerprint density at radius 3 is 2.73 bits per heavy atom. The van der Waals surface area contributed by atoms with E-state index in [1.54, 1.807) is 6.07 Å². The SMILES string of the molecule is Cc1ccc(-c2csc3ncn(CCC(=O)Nc4ccc(Br)cc4F)c(=O)c23)cc1. The van der Waals surface area contributed by atoms with Crippen molar-refractivity contribution in [1.82, 2.24) is 9.55 Å². The van der Waals surface area contributed by atoms with Crippen LogP contribution in [0.25, 0.3) is 21.3 Å². The summed E-state index contributed by atoms with van der Waals surface area (Å²) in [6.45, 7) is 2.16. The van der Waals surface area contributed by atoms with Crippen molar-refractivity contribution in [2.75, 3.05) is 5.32 Å². The van der Waals surface area contributed by atoms with Crippen molar-refractivity contribution in [2.24, 2.45) is 0 Å². The number of benzene rings is 2. The fourth-order valence-corrected chi connectivity index (χ4v) is 4.34. The van der Waals surface area contributed by atoms with E-state index in [4.69, 9.17) is 0 Å². The predicted octanol–water partition coefficient (Wildman–Crippen LogP) is 5.36. The van der Waals surface area contributed by atoms with Crippen molar-refractivity contribution in [2.45, 2.75) is 19.9 Å². The summed E-state index contributed by atoms with van der Waals surface area (Å²) in [7, 11) is 0. The smallest absolute Gasteiger partial charge is 0.262 e. The topological polar surface area (TPSA) is 64.0 Å².